The van der Waals surface area contributed by atoms with Gasteiger partial charge in [0.05, 0.1) is 0 Å². The van der Waals surface area contributed by atoms with Crippen LogP contribution in [0.5, 0.6) is 0 Å². The Kier molecular flexibility index (Phi) is 16.3. The van der Waals surface area contributed by atoms with Gasteiger partial charge in [-0.25, -0.2) is 9.59 Å². The molecule has 4 N–H and O–H groups in total. The molecule has 0 spiro atoms. The van der Waals surface area contributed by atoms with Gasteiger partial charge in [0.2, 0.25) is 0 Å². The van der Waals surface area contributed by atoms with Crippen LogP contribution in [0.3, 0.4) is 0 Å². The monoisotopic (exact) mass is 260 g/mol. The Labute approximate surface area is 102 Å². The Balaban J connectivity index is -0.000000189. The number of hydrogen-bond donors (Lipinski definition) is 4. The van der Waals surface area contributed by atoms with Crippen LogP contribution in [0.15, 0.2) is 36.9 Å². The summed E-state index contributed by atoms with van der Waals surface area (Å²) in [6.07, 6.45) is -1.83. The maximum Gasteiger partial charge on any atom is 0.503 e. The van der Waals surface area contributed by atoms with Crippen molar-refractivity contribution >= 4 is 29.4 Å². The molecule has 0 aliphatic carbocycles. The molecule has 17 heavy (non-hydrogen) atoms. The minimum atomic E-state index is -1.83. The number of benzene rings is 1. The van der Waals surface area contributed by atoms with Crippen molar-refractivity contribution in [1.82, 2.24) is 0 Å². The quantitative estimate of drug-likeness (QED) is 0.566. The van der Waals surface area contributed by atoms with Gasteiger partial charge in [0.15, 0.2) is 0 Å². The molecule has 1 aromatic carbocycles. The Hall–Kier alpha value is -2.28. The Bertz CT molecular complexity index is 305. The highest BCUT2D eigenvalue weighted by atomic mass is 28.1. The first kappa shape index (κ1) is 20.2. The summed E-state index contributed by atoms with van der Waals surface area (Å²) in [6.45, 7) is 3.63. The summed E-state index contributed by atoms with van der Waals surface area (Å²) in [4.78, 5) is 17.1. The zero-order valence-corrected chi connectivity index (χ0v) is 8.28. The van der Waals surface area contributed by atoms with Crippen LogP contribution in [0.4, 0.5) is 9.59 Å². The van der Waals surface area contributed by atoms with Crippen LogP contribution in [0.25, 0.3) is 6.08 Å². The van der Waals surface area contributed by atoms with Crippen LogP contribution < -0.4 is 0 Å². The smallest absolute Gasteiger partial charge is 0.450 e. The number of carbonyl (C=O) groups is 2. The molecule has 0 atom stereocenters. The number of hydrogen-bond acceptors (Lipinski definition) is 2. The molecule has 0 fully saturated rings. The topological polar surface area (TPSA) is 115 Å². The second kappa shape index (κ2) is 13.7. The molecule has 0 heterocycles. The molecule has 0 aromatic heterocycles. The Morgan fingerprint density at radius 2 is 1.24 bits per heavy atom. The molecular formula is C10H16O6Si. The van der Waals surface area contributed by atoms with E-state index in [9.17, 15) is 0 Å². The molecule has 0 aliphatic heterocycles. The lowest BCUT2D eigenvalue weighted by Gasteiger charge is -1.85. The van der Waals surface area contributed by atoms with E-state index in [0.717, 1.165) is 0 Å². The summed E-state index contributed by atoms with van der Waals surface area (Å²) < 4.78 is 0. The lowest BCUT2D eigenvalue weighted by molar-refractivity contribution is 0.135. The lowest BCUT2D eigenvalue weighted by Crippen LogP contribution is -1.81. The van der Waals surface area contributed by atoms with Crippen molar-refractivity contribution in [3.8, 4) is 0 Å². The average Bonchev–Trinajstić information content (AvgIpc) is 2.17. The first-order valence-corrected chi connectivity index (χ1v) is 3.91. The van der Waals surface area contributed by atoms with Crippen molar-refractivity contribution in [1.29, 1.82) is 0 Å². The van der Waals surface area contributed by atoms with Crippen LogP contribution in [-0.4, -0.2) is 43.7 Å². The van der Waals surface area contributed by atoms with E-state index in [2.05, 4.69) is 6.58 Å². The molecule has 1 aromatic rings. The molecule has 0 amide bonds. The van der Waals surface area contributed by atoms with Gasteiger partial charge in [-0.1, -0.05) is 43.0 Å². The van der Waals surface area contributed by atoms with E-state index in [1.54, 1.807) is 0 Å². The molecule has 6 nitrogen and oxygen atoms in total. The number of rotatable bonds is 1. The third kappa shape index (κ3) is 31.6. The molecule has 0 unspecified atom stereocenters. The van der Waals surface area contributed by atoms with Gasteiger partial charge in [-0.3, -0.25) is 0 Å². The fourth-order valence-electron chi connectivity index (χ4n) is 0.589. The van der Waals surface area contributed by atoms with Crippen molar-refractivity contribution < 1.29 is 30.0 Å². The predicted octanol–water partition coefficient (Wildman–Crippen LogP) is 1.32. The van der Waals surface area contributed by atoms with E-state index in [0.29, 0.717) is 0 Å². The fraction of sp³-hybridized carbons (Fsp3) is 0. The molecule has 0 bridgehead atoms. The summed E-state index contributed by atoms with van der Waals surface area (Å²) >= 11 is 0. The highest BCUT2D eigenvalue weighted by Gasteiger charge is 1.75. The summed E-state index contributed by atoms with van der Waals surface area (Å²) in [5, 5.41) is 27.9. The van der Waals surface area contributed by atoms with Crippen molar-refractivity contribution in [3.05, 3.63) is 42.5 Å². The van der Waals surface area contributed by atoms with Gasteiger partial charge in [0.25, 0.3) is 0 Å². The molecule has 0 radical (unpaired) electrons. The first-order valence-electron chi connectivity index (χ1n) is 3.91. The molecule has 0 aliphatic rings. The third-order valence-corrected chi connectivity index (χ3v) is 1.04. The Morgan fingerprint density at radius 1 is 0.941 bits per heavy atom. The van der Waals surface area contributed by atoms with Crippen LogP contribution >= 0.6 is 0 Å². The summed E-state index contributed by atoms with van der Waals surface area (Å²) in [5.74, 6) is 0. The average molecular weight is 260 g/mol. The van der Waals surface area contributed by atoms with Crippen molar-refractivity contribution in [2.75, 3.05) is 0 Å². The van der Waals surface area contributed by atoms with Crippen LogP contribution in [0, 0.1) is 0 Å². The minimum absolute atomic E-state index is 0. The van der Waals surface area contributed by atoms with E-state index in [4.69, 9.17) is 30.0 Å². The van der Waals surface area contributed by atoms with E-state index in [1.165, 1.54) is 5.56 Å². The molecule has 96 valence electrons. The van der Waals surface area contributed by atoms with Gasteiger partial charge in [-0.2, -0.15) is 0 Å². The summed E-state index contributed by atoms with van der Waals surface area (Å²) in [6, 6.07) is 10.0. The van der Waals surface area contributed by atoms with Crippen molar-refractivity contribution in [3.63, 3.8) is 0 Å². The zero-order valence-electron chi connectivity index (χ0n) is 8.28. The van der Waals surface area contributed by atoms with E-state index >= 15 is 0 Å². The van der Waals surface area contributed by atoms with Gasteiger partial charge < -0.3 is 20.4 Å². The first-order chi connectivity index (χ1) is 7.40. The van der Waals surface area contributed by atoms with Gasteiger partial charge in [-0.15, -0.1) is 0 Å². The van der Waals surface area contributed by atoms with Gasteiger partial charge >= 0.3 is 12.3 Å². The Morgan fingerprint density at radius 3 is 1.41 bits per heavy atom. The lowest BCUT2D eigenvalue weighted by atomic mass is 10.2. The standard InChI is InChI=1S/C8H8.2CH2O3.H4Si/c1-2-8-6-4-3-5-7-8;2*2-1(3)4;/h2-7H,1H2;2*(H2,2,3,4);1H4. The van der Waals surface area contributed by atoms with Crippen molar-refractivity contribution in [2.24, 2.45) is 0 Å². The summed E-state index contributed by atoms with van der Waals surface area (Å²) in [7, 11) is 0. The van der Waals surface area contributed by atoms with Gasteiger partial charge in [0.1, 0.15) is 0 Å². The maximum atomic E-state index is 8.56. The maximum absolute atomic E-state index is 8.56. The SMILES string of the molecule is C=Cc1ccccc1.O=C(O)O.O=C(O)O.[SiH4]. The second-order valence-electron chi connectivity index (χ2n) is 2.18. The van der Waals surface area contributed by atoms with Crippen LogP contribution in [0.2, 0.25) is 0 Å². The largest absolute Gasteiger partial charge is 0.503 e. The number of carboxylic acid groups (broad SMARTS) is 4. The van der Waals surface area contributed by atoms with E-state index < -0.39 is 12.3 Å². The molecular weight excluding hydrogens is 244 g/mol. The van der Waals surface area contributed by atoms with Gasteiger partial charge in [-0.05, 0) is 16.5 Å². The molecule has 0 saturated carbocycles. The third-order valence-electron chi connectivity index (χ3n) is 1.04. The van der Waals surface area contributed by atoms with E-state index in [-0.39, 0.29) is 11.0 Å². The van der Waals surface area contributed by atoms with Crippen molar-refractivity contribution in [2.45, 2.75) is 0 Å². The molecule has 0 saturated heterocycles. The fourth-order valence-corrected chi connectivity index (χ4v) is 0.589. The predicted molar refractivity (Wildman–Crippen MR) is 69.2 cm³/mol. The normalized spacial score (nSPS) is 6.82. The summed E-state index contributed by atoms with van der Waals surface area (Å²) in [5.41, 5.74) is 1.17. The zero-order chi connectivity index (χ0) is 13.0. The highest BCUT2D eigenvalue weighted by molar-refractivity contribution is 5.75. The minimum Gasteiger partial charge on any atom is -0.450 e. The highest BCUT2D eigenvalue weighted by Crippen LogP contribution is 1.97. The van der Waals surface area contributed by atoms with Crippen LogP contribution in [-0.2, 0) is 0 Å². The van der Waals surface area contributed by atoms with Gasteiger partial charge in [0, 0.05) is 0 Å². The van der Waals surface area contributed by atoms with Crippen LogP contribution in [0.1, 0.15) is 5.56 Å². The molecule has 7 heteroatoms. The second-order valence-corrected chi connectivity index (χ2v) is 2.18. The molecule has 1 rings (SSSR count). The van der Waals surface area contributed by atoms with E-state index in [1.807, 2.05) is 36.4 Å².